The van der Waals surface area contributed by atoms with Gasteiger partial charge in [-0.3, -0.25) is 10.1 Å². The second-order valence-corrected chi connectivity index (χ2v) is 6.23. The fourth-order valence-corrected chi connectivity index (χ4v) is 3.13. The van der Waals surface area contributed by atoms with Crippen LogP contribution >= 0.6 is 0 Å². The summed E-state index contributed by atoms with van der Waals surface area (Å²) in [6, 6.07) is 4.89. The van der Waals surface area contributed by atoms with Crippen LogP contribution in [0, 0.1) is 22.0 Å². The van der Waals surface area contributed by atoms with Crippen LogP contribution in [0.5, 0.6) is 0 Å². The Bertz CT molecular complexity index is 642. The Morgan fingerprint density at radius 1 is 1.19 bits per heavy atom. The van der Waals surface area contributed by atoms with Crippen LogP contribution in [0.4, 0.5) is 5.69 Å². The second kappa shape index (κ2) is 7.76. The number of nitro benzene ring substituents is 1. The molecule has 0 aliphatic heterocycles. The molecule has 1 aromatic rings. The van der Waals surface area contributed by atoms with E-state index in [1.807, 2.05) is 13.8 Å². The van der Waals surface area contributed by atoms with E-state index in [2.05, 4.69) is 11.8 Å². The first-order valence-electron chi connectivity index (χ1n) is 6.63. The number of hydrogen-bond acceptors (Lipinski definition) is 4. The van der Waals surface area contributed by atoms with E-state index in [-0.39, 0.29) is 17.1 Å². The molecule has 0 atom stereocenters. The van der Waals surface area contributed by atoms with Crippen molar-refractivity contribution in [1.82, 2.24) is 4.31 Å². The maximum absolute atomic E-state index is 12.5. The third kappa shape index (κ3) is 4.55. The van der Waals surface area contributed by atoms with Gasteiger partial charge in [0.1, 0.15) is 0 Å². The molecule has 0 aliphatic rings. The average Bonchev–Trinajstić information content (AvgIpc) is 2.46. The fourth-order valence-electron chi connectivity index (χ4n) is 1.69. The first-order chi connectivity index (χ1) is 9.93. The maximum atomic E-state index is 12.5. The molecule has 0 saturated carbocycles. The zero-order chi connectivity index (χ0) is 15.9. The van der Waals surface area contributed by atoms with E-state index in [1.165, 1.54) is 28.6 Å². The van der Waals surface area contributed by atoms with Crippen molar-refractivity contribution >= 4 is 15.7 Å². The summed E-state index contributed by atoms with van der Waals surface area (Å²) in [7, 11) is -3.68. The number of nitrogens with zero attached hydrogens (tertiary/aromatic N) is 2. The molecular weight excluding hydrogens is 292 g/mol. The molecule has 0 aromatic heterocycles. The highest BCUT2D eigenvalue weighted by Crippen LogP contribution is 2.19. The van der Waals surface area contributed by atoms with Crippen LogP contribution in [0.15, 0.2) is 29.2 Å². The monoisotopic (exact) mass is 310 g/mol. The number of nitro groups is 1. The molecule has 0 unspecified atom stereocenters. The SMILES string of the molecule is CCC#CCN(CCC)S(=O)(=O)c1ccc([N+](=O)[O-])cc1. The van der Waals surface area contributed by atoms with Crippen molar-refractivity contribution in [3.8, 4) is 11.8 Å². The van der Waals surface area contributed by atoms with Crippen LogP contribution < -0.4 is 0 Å². The minimum Gasteiger partial charge on any atom is -0.258 e. The molecule has 0 N–H and O–H groups in total. The molecule has 1 aromatic carbocycles. The van der Waals surface area contributed by atoms with E-state index in [0.717, 1.165) is 0 Å². The van der Waals surface area contributed by atoms with E-state index in [4.69, 9.17) is 0 Å². The topological polar surface area (TPSA) is 80.5 Å². The van der Waals surface area contributed by atoms with Gasteiger partial charge in [-0.05, 0) is 18.6 Å². The van der Waals surface area contributed by atoms with E-state index in [0.29, 0.717) is 19.4 Å². The van der Waals surface area contributed by atoms with Gasteiger partial charge in [0.05, 0.1) is 16.4 Å². The number of sulfonamides is 1. The van der Waals surface area contributed by atoms with Gasteiger partial charge in [0.25, 0.3) is 5.69 Å². The van der Waals surface area contributed by atoms with Gasteiger partial charge in [0, 0.05) is 25.1 Å². The third-order valence-electron chi connectivity index (χ3n) is 2.72. The zero-order valence-electron chi connectivity index (χ0n) is 12.1. The first kappa shape index (κ1) is 17.1. The molecule has 0 aliphatic carbocycles. The van der Waals surface area contributed by atoms with Crippen LogP contribution in [0.25, 0.3) is 0 Å². The Morgan fingerprint density at radius 3 is 2.29 bits per heavy atom. The van der Waals surface area contributed by atoms with E-state index in [9.17, 15) is 18.5 Å². The second-order valence-electron chi connectivity index (χ2n) is 4.30. The highest BCUT2D eigenvalue weighted by molar-refractivity contribution is 7.89. The van der Waals surface area contributed by atoms with Gasteiger partial charge in [-0.2, -0.15) is 4.31 Å². The standard InChI is InChI=1S/C14H18N2O4S/c1-3-5-6-12-15(11-4-2)21(19,20)14-9-7-13(8-10-14)16(17)18/h7-10H,3-4,11-12H2,1-2H3. The number of benzene rings is 1. The summed E-state index contributed by atoms with van der Waals surface area (Å²) in [4.78, 5) is 10.1. The normalized spacial score (nSPS) is 11.0. The lowest BCUT2D eigenvalue weighted by molar-refractivity contribution is -0.384. The van der Waals surface area contributed by atoms with Crippen LogP contribution in [0.2, 0.25) is 0 Å². The Morgan fingerprint density at radius 2 is 1.81 bits per heavy atom. The molecule has 7 heteroatoms. The Kier molecular flexibility index (Phi) is 6.34. The molecule has 21 heavy (non-hydrogen) atoms. The van der Waals surface area contributed by atoms with Crippen LogP contribution in [0.3, 0.4) is 0 Å². The highest BCUT2D eigenvalue weighted by atomic mass is 32.2. The summed E-state index contributed by atoms with van der Waals surface area (Å²) in [6.07, 6.45) is 1.33. The molecule has 0 bridgehead atoms. The molecule has 114 valence electrons. The average molecular weight is 310 g/mol. The van der Waals surface area contributed by atoms with Crippen molar-refractivity contribution in [3.63, 3.8) is 0 Å². The van der Waals surface area contributed by atoms with Crippen molar-refractivity contribution in [1.29, 1.82) is 0 Å². The molecule has 0 heterocycles. The predicted octanol–water partition coefficient (Wildman–Crippen LogP) is 2.41. The number of rotatable bonds is 6. The minimum absolute atomic E-state index is 0.0415. The molecule has 6 nitrogen and oxygen atoms in total. The summed E-state index contributed by atoms with van der Waals surface area (Å²) in [5, 5.41) is 10.6. The van der Waals surface area contributed by atoms with Gasteiger partial charge < -0.3 is 0 Å². The lowest BCUT2D eigenvalue weighted by atomic mass is 10.3. The molecular formula is C14H18N2O4S. The first-order valence-corrected chi connectivity index (χ1v) is 8.07. The Balaban J connectivity index is 3.06. The van der Waals surface area contributed by atoms with Gasteiger partial charge in [-0.1, -0.05) is 19.8 Å². The van der Waals surface area contributed by atoms with E-state index < -0.39 is 14.9 Å². The van der Waals surface area contributed by atoms with Crippen molar-refractivity contribution < 1.29 is 13.3 Å². The van der Waals surface area contributed by atoms with E-state index >= 15 is 0 Å². The Labute approximate surface area is 125 Å². The van der Waals surface area contributed by atoms with Crippen molar-refractivity contribution in [2.75, 3.05) is 13.1 Å². The molecule has 0 radical (unpaired) electrons. The highest BCUT2D eigenvalue weighted by Gasteiger charge is 2.23. The largest absolute Gasteiger partial charge is 0.269 e. The summed E-state index contributed by atoms with van der Waals surface area (Å²) in [5.41, 5.74) is -0.137. The molecule has 0 spiro atoms. The smallest absolute Gasteiger partial charge is 0.258 e. The van der Waals surface area contributed by atoms with Gasteiger partial charge in [-0.25, -0.2) is 8.42 Å². The Hall–Kier alpha value is -1.91. The molecule has 0 fully saturated rings. The summed E-state index contributed by atoms with van der Waals surface area (Å²) in [6.45, 7) is 4.26. The zero-order valence-corrected chi connectivity index (χ0v) is 12.9. The molecule has 0 saturated heterocycles. The minimum atomic E-state index is -3.68. The lowest BCUT2D eigenvalue weighted by Crippen LogP contribution is -2.32. The third-order valence-corrected chi connectivity index (χ3v) is 4.57. The fraction of sp³-hybridized carbons (Fsp3) is 0.429. The number of non-ortho nitro benzene ring substituents is 1. The van der Waals surface area contributed by atoms with Crippen molar-refractivity contribution in [2.24, 2.45) is 0 Å². The number of hydrogen-bond donors (Lipinski definition) is 0. The van der Waals surface area contributed by atoms with Gasteiger partial charge in [-0.15, -0.1) is 5.92 Å². The van der Waals surface area contributed by atoms with Gasteiger partial charge in [0.2, 0.25) is 10.0 Å². The van der Waals surface area contributed by atoms with Crippen molar-refractivity contribution in [3.05, 3.63) is 34.4 Å². The van der Waals surface area contributed by atoms with Gasteiger partial charge in [0.15, 0.2) is 0 Å². The lowest BCUT2D eigenvalue weighted by Gasteiger charge is -2.19. The quantitative estimate of drug-likeness (QED) is 0.459. The predicted molar refractivity (Wildman–Crippen MR) is 80.2 cm³/mol. The van der Waals surface area contributed by atoms with Gasteiger partial charge >= 0.3 is 0 Å². The molecule has 1 rings (SSSR count). The summed E-state index contributed by atoms with van der Waals surface area (Å²) in [5.74, 6) is 5.65. The van der Waals surface area contributed by atoms with Crippen LogP contribution in [-0.2, 0) is 10.0 Å². The van der Waals surface area contributed by atoms with E-state index in [1.54, 1.807) is 0 Å². The van der Waals surface area contributed by atoms with Crippen molar-refractivity contribution in [2.45, 2.75) is 31.6 Å². The summed E-state index contributed by atoms with van der Waals surface area (Å²) < 4.78 is 26.3. The maximum Gasteiger partial charge on any atom is 0.269 e. The van der Waals surface area contributed by atoms with Crippen LogP contribution in [-0.4, -0.2) is 30.7 Å². The molecule has 0 amide bonds. The van der Waals surface area contributed by atoms with Crippen LogP contribution in [0.1, 0.15) is 26.7 Å². The summed E-state index contributed by atoms with van der Waals surface area (Å²) >= 11 is 0.